The van der Waals surface area contributed by atoms with Gasteiger partial charge in [-0.2, -0.15) is 0 Å². The van der Waals surface area contributed by atoms with E-state index in [1.807, 2.05) is 6.07 Å². The fourth-order valence-electron chi connectivity index (χ4n) is 1.77. The number of halogens is 1. The summed E-state index contributed by atoms with van der Waals surface area (Å²) in [7, 11) is 0. The molecule has 0 heterocycles. The van der Waals surface area contributed by atoms with Crippen molar-refractivity contribution in [2.45, 2.75) is 13.0 Å². The molecule has 0 aliphatic heterocycles. The third kappa shape index (κ3) is 5.60. The van der Waals surface area contributed by atoms with Crippen molar-refractivity contribution in [2.24, 2.45) is 0 Å². The van der Waals surface area contributed by atoms with E-state index in [1.54, 1.807) is 54.6 Å². The molecule has 0 unspecified atom stereocenters. The van der Waals surface area contributed by atoms with Gasteiger partial charge in [0.15, 0.2) is 6.10 Å². The van der Waals surface area contributed by atoms with Crippen LogP contribution in [0.1, 0.15) is 12.5 Å². The fourth-order valence-corrected chi connectivity index (χ4v) is 1.90. The van der Waals surface area contributed by atoms with Crippen LogP contribution in [0.15, 0.2) is 60.7 Å². The minimum Gasteiger partial charge on any atom is -0.449 e. The van der Waals surface area contributed by atoms with Crippen molar-refractivity contribution < 1.29 is 14.3 Å². The number of para-hydroxylation sites is 1. The van der Waals surface area contributed by atoms with Gasteiger partial charge in [-0.1, -0.05) is 41.9 Å². The molecule has 118 valence electrons. The number of carbonyl (C=O) groups excluding carboxylic acids is 2. The summed E-state index contributed by atoms with van der Waals surface area (Å²) in [6.07, 6.45) is 1.98. The number of hydrogen-bond acceptors (Lipinski definition) is 3. The largest absolute Gasteiger partial charge is 0.449 e. The van der Waals surface area contributed by atoms with E-state index in [9.17, 15) is 9.59 Å². The van der Waals surface area contributed by atoms with E-state index in [-0.39, 0.29) is 5.91 Å². The molecule has 0 fully saturated rings. The second-order valence-electron chi connectivity index (χ2n) is 4.82. The molecule has 0 saturated carbocycles. The van der Waals surface area contributed by atoms with E-state index in [0.717, 1.165) is 5.56 Å². The lowest BCUT2D eigenvalue weighted by Gasteiger charge is -2.12. The maximum atomic E-state index is 11.9. The topological polar surface area (TPSA) is 55.4 Å². The molecule has 0 aromatic heterocycles. The van der Waals surface area contributed by atoms with Crippen molar-refractivity contribution >= 4 is 35.2 Å². The quantitative estimate of drug-likeness (QED) is 0.668. The Kier molecular flexibility index (Phi) is 5.94. The van der Waals surface area contributed by atoms with Crippen molar-refractivity contribution in [3.05, 3.63) is 71.3 Å². The molecule has 23 heavy (non-hydrogen) atoms. The molecule has 0 bridgehead atoms. The average molecular weight is 330 g/mol. The maximum Gasteiger partial charge on any atom is 0.331 e. The highest BCUT2D eigenvalue weighted by atomic mass is 35.5. The Hall–Kier alpha value is -2.59. The number of benzene rings is 2. The maximum absolute atomic E-state index is 11.9. The summed E-state index contributed by atoms with van der Waals surface area (Å²) in [5.41, 5.74) is 1.46. The van der Waals surface area contributed by atoms with Crippen molar-refractivity contribution in [2.75, 3.05) is 5.32 Å². The number of nitrogens with one attached hydrogen (secondary N) is 1. The molecule has 5 heteroatoms. The van der Waals surface area contributed by atoms with Crippen LogP contribution in [0.5, 0.6) is 0 Å². The highest BCUT2D eigenvalue weighted by Gasteiger charge is 2.16. The Balaban J connectivity index is 1.86. The monoisotopic (exact) mass is 329 g/mol. The Bertz CT molecular complexity index is 696. The zero-order chi connectivity index (χ0) is 16.7. The minimum absolute atomic E-state index is 0.385. The summed E-state index contributed by atoms with van der Waals surface area (Å²) >= 11 is 5.78. The van der Waals surface area contributed by atoms with Crippen molar-refractivity contribution in [1.29, 1.82) is 0 Å². The van der Waals surface area contributed by atoms with E-state index in [2.05, 4.69) is 5.32 Å². The van der Waals surface area contributed by atoms with Crippen LogP contribution in [-0.4, -0.2) is 18.0 Å². The van der Waals surface area contributed by atoms with E-state index in [0.29, 0.717) is 10.7 Å². The van der Waals surface area contributed by atoms with Crippen LogP contribution < -0.4 is 5.32 Å². The molecule has 1 N–H and O–H groups in total. The molecule has 1 amide bonds. The Morgan fingerprint density at radius 1 is 1.09 bits per heavy atom. The van der Waals surface area contributed by atoms with Crippen LogP contribution in [0.3, 0.4) is 0 Å². The van der Waals surface area contributed by atoms with Gasteiger partial charge in [-0.25, -0.2) is 4.79 Å². The van der Waals surface area contributed by atoms with E-state index < -0.39 is 12.1 Å². The molecule has 1 atom stereocenters. The summed E-state index contributed by atoms with van der Waals surface area (Å²) < 4.78 is 5.07. The first-order chi connectivity index (χ1) is 11.0. The molecular weight excluding hydrogens is 314 g/mol. The molecule has 0 aliphatic rings. The highest BCUT2D eigenvalue weighted by molar-refractivity contribution is 6.30. The zero-order valence-electron chi connectivity index (χ0n) is 12.5. The average Bonchev–Trinajstić information content (AvgIpc) is 2.55. The lowest BCUT2D eigenvalue weighted by Crippen LogP contribution is -2.29. The van der Waals surface area contributed by atoms with Crippen LogP contribution >= 0.6 is 11.6 Å². The van der Waals surface area contributed by atoms with Crippen LogP contribution in [0.4, 0.5) is 5.69 Å². The van der Waals surface area contributed by atoms with Gasteiger partial charge in [0.2, 0.25) is 0 Å². The molecule has 2 rings (SSSR count). The van der Waals surface area contributed by atoms with Gasteiger partial charge in [0.1, 0.15) is 0 Å². The summed E-state index contributed by atoms with van der Waals surface area (Å²) in [6.45, 7) is 1.52. The number of hydrogen-bond donors (Lipinski definition) is 1. The SMILES string of the molecule is C[C@@H](OC(=O)/C=C/c1ccc(Cl)cc1)C(=O)Nc1ccccc1. The molecule has 2 aromatic rings. The number of ether oxygens (including phenoxy) is 1. The van der Waals surface area contributed by atoms with Gasteiger partial charge in [-0.15, -0.1) is 0 Å². The van der Waals surface area contributed by atoms with Gasteiger partial charge >= 0.3 is 5.97 Å². The molecule has 0 radical (unpaired) electrons. The molecule has 0 saturated heterocycles. The van der Waals surface area contributed by atoms with Crippen LogP contribution in [0.2, 0.25) is 5.02 Å². The van der Waals surface area contributed by atoms with Crippen molar-refractivity contribution in [1.82, 2.24) is 0 Å². The number of anilines is 1. The molecule has 0 aliphatic carbocycles. The molecule has 4 nitrogen and oxygen atoms in total. The lowest BCUT2D eigenvalue weighted by atomic mass is 10.2. The third-order valence-corrected chi connectivity index (χ3v) is 3.24. The van der Waals surface area contributed by atoms with Crippen molar-refractivity contribution in [3.63, 3.8) is 0 Å². The zero-order valence-corrected chi connectivity index (χ0v) is 13.3. The van der Waals surface area contributed by atoms with Crippen molar-refractivity contribution in [3.8, 4) is 0 Å². The summed E-state index contributed by atoms with van der Waals surface area (Å²) in [4.78, 5) is 23.7. The normalized spacial score (nSPS) is 11.9. The van der Waals surface area contributed by atoms with E-state index in [1.165, 1.54) is 13.0 Å². The first kappa shape index (κ1) is 16.8. The standard InChI is InChI=1S/C18H16ClNO3/c1-13(18(22)20-16-5-3-2-4-6-16)23-17(21)12-9-14-7-10-15(19)11-8-14/h2-13H,1H3,(H,20,22)/b12-9+/t13-/m1/s1. The summed E-state index contributed by atoms with van der Waals surface area (Å²) in [5.74, 6) is -0.972. The van der Waals surface area contributed by atoms with Gasteiger partial charge in [-0.05, 0) is 42.8 Å². The Labute approximate surface area is 139 Å². The van der Waals surface area contributed by atoms with Crippen LogP contribution in [0.25, 0.3) is 6.08 Å². The predicted molar refractivity (Wildman–Crippen MR) is 91.1 cm³/mol. The van der Waals surface area contributed by atoms with Gasteiger partial charge < -0.3 is 10.1 Å². The predicted octanol–water partition coefficient (Wildman–Crippen LogP) is 3.92. The summed E-state index contributed by atoms with van der Waals surface area (Å²) in [6, 6.07) is 16.0. The third-order valence-electron chi connectivity index (χ3n) is 2.99. The second kappa shape index (κ2) is 8.15. The van der Waals surface area contributed by atoms with Gasteiger partial charge in [0, 0.05) is 16.8 Å². The first-order valence-electron chi connectivity index (χ1n) is 7.05. The number of amides is 1. The Morgan fingerprint density at radius 2 is 1.74 bits per heavy atom. The lowest BCUT2D eigenvalue weighted by molar-refractivity contribution is -0.148. The number of carbonyl (C=O) groups is 2. The number of rotatable bonds is 5. The molecule has 2 aromatic carbocycles. The second-order valence-corrected chi connectivity index (χ2v) is 5.26. The van der Waals surface area contributed by atoms with Gasteiger partial charge in [0.05, 0.1) is 0 Å². The molecule has 0 spiro atoms. The van der Waals surface area contributed by atoms with E-state index >= 15 is 0 Å². The highest BCUT2D eigenvalue weighted by Crippen LogP contribution is 2.11. The van der Waals surface area contributed by atoms with Gasteiger partial charge in [0.25, 0.3) is 5.91 Å². The smallest absolute Gasteiger partial charge is 0.331 e. The Morgan fingerprint density at radius 3 is 2.39 bits per heavy atom. The van der Waals surface area contributed by atoms with Crippen LogP contribution in [0, 0.1) is 0 Å². The summed E-state index contributed by atoms with van der Waals surface area (Å²) in [5, 5.41) is 3.29. The fraction of sp³-hybridized carbons (Fsp3) is 0.111. The minimum atomic E-state index is -0.891. The van der Waals surface area contributed by atoms with Gasteiger partial charge in [-0.3, -0.25) is 4.79 Å². The van der Waals surface area contributed by atoms with Crippen LogP contribution in [-0.2, 0) is 14.3 Å². The number of esters is 1. The first-order valence-corrected chi connectivity index (χ1v) is 7.42. The molecular formula is C18H16ClNO3. The van der Waals surface area contributed by atoms with E-state index in [4.69, 9.17) is 16.3 Å².